The molecule has 0 radical (unpaired) electrons. The minimum atomic E-state index is -4.27. The molecule has 4 aromatic rings. The molecule has 9 nitrogen and oxygen atoms in total. The third-order valence-corrected chi connectivity index (χ3v) is 8.76. The van der Waals surface area contributed by atoms with E-state index in [9.17, 15) is 13.2 Å². The third-order valence-electron chi connectivity index (χ3n) is 8.51. The average Bonchev–Trinajstić information content (AvgIpc) is 3.70. The third kappa shape index (κ3) is 5.49. The summed E-state index contributed by atoms with van der Waals surface area (Å²) in [5.41, 5.74) is 2.42. The van der Waals surface area contributed by atoms with E-state index >= 15 is 0 Å². The van der Waals surface area contributed by atoms with E-state index in [-0.39, 0.29) is 24.6 Å². The predicted molar refractivity (Wildman–Crippen MR) is 150 cm³/mol. The molecule has 6 rings (SSSR count). The van der Waals surface area contributed by atoms with Crippen LogP contribution in [0.2, 0.25) is 5.02 Å². The average molecular weight is 591 g/mol. The van der Waals surface area contributed by atoms with Crippen LogP contribution in [0.5, 0.6) is 0 Å². The van der Waals surface area contributed by atoms with E-state index in [1.165, 1.54) is 6.92 Å². The highest BCUT2D eigenvalue weighted by Gasteiger charge is 2.42. The predicted octanol–water partition coefficient (Wildman–Crippen LogP) is 5.54. The number of alkyl halides is 3. The molecule has 1 aromatic carbocycles. The Bertz CT molecular complexity index is 1500. The minimum Gasteiger partial charge on any atom is -0.376 e. The fourth-order valence-electron chi connectivity index (χ4n) is 6.23. The summed E-state index contributed by atoms with van der Waals surface area (Å²) >= 11 is 6.12. The zero-order chi connectivity index (χ0) is 28.9. The molecule has 1 unspecified atom stereocenters. The maximum atomic E-state index is 13.7. The summed E-state index contributed by atoms with van der Waals surface area (Å²) < 4.78 is 50.9. The molecule has 2 aliphatic rings. The number of nitrogens with zero attached hydrogens (tertiary/aromatic N) is 8. The van der Waals surface area contributed by atoms with Gasteiger partial charge in [-0.1, -0.05) is 30.7 Å². The van der Waals surface area contributed by atoms with E-state index in [0.29, 0.717) is 36.3 Å². The molecule has 220 valence electrons. The van der Waals surface area contributed by atoms with Gasteiger partial charge in [0.05, 0.1) is 24.9 Å². The van der Waals surface area contributed by atoms with Gasteiger partial charge in [-0.3, -0.25) is 4.90 Å². The van der Waals surface area contributed by atoms with E-state index in [0.717, 1.165) is 36.2 Å². The quantitative estimate of drug-likeness (QED) is 0.280. The summed E-state index contributed by atoms with van der Waals surface area (Å²) in [6.07, 6.45) is 1.32. The van der Waals surface area contributed by atoms with Gasteiger partial charge >= 0.3 is 6.18 Å². The van der Waals surface area contributed by atoms with Crippen molar-refractivity contribution in [2.75, 3.05) is 24.6 Å². The largest absolute Gasteiger partial charge is 0.391 e. The summed E-state index contributed by atoms with van der Waals surface area (Å²) in [5.74, 6) is -0.271. The van der Waals surface area contributed by atoms with E-state index < -0.39 is 18.1 Å². The summed E-state index contributed by atoms with van der Waals surface area (Å²) in [6, 6.07) is 6.64. The first-order valence-electron chi connectivity index (χ1n) is 14.1. The highest BCUT2D eigenvalue weighted by molar-refractivity contribution is 6.30. The van der Waals surface area contributed by atoms with Crippen molar-refractivity contribution in [1.82, 2.24) is 34.0 Å². The molecule has 5 heterocycles. The number of ether oxygens (including phenoxy) is 1. The van der Waals surface area contributed by atoms with Gasteiger partial charge in [0.25, 0.3) is 5.78 Å². The van der Waals surface area contributed by atoms with Gasteiger partial charge in [0.2, 0.25) is 0 Å². The Kier molecular flexibility index (Phi) is 7.58. The molecular weight excluding hydrogens is 557 g/mol. The van der Waals surface area contributed by atoms with Crippen LogP contribution in [0.1, 0.15) is 51.6 Å². The van der Waals surface area contributed by atoms with Crippen LogP contribution in [0.15, 0.2) is 36.9 Å². The number of rotatable bonds is 7. The van der Waals surface area contributed by atoms with Crippen molar-refractivity contribution in [1.29, 1.82) is 0 Å². The summed E-state index contributed by atoms with van der Waals surface area (Å²) in [4.78, 5) is 14.0. The molecule has 13 heteroatoms. The number of imidazole rings is 1. The number of benzene rings is 1. The van der Waals surface area contributed by atoms with Gasteiger partial charge in [-0.25, -0.2) is 9.38 Å². The van der Waals surface area contributed by atoms with Crippen molar-refractivity contribution in [3.8, 4) is 0 Å². The molecule has 41 heavy (non-hydrogen) atoms. The molecule has 0 aliphatic carbocycles. The van der Waals surface area contributed by atoms with Gasteiger partial charge in [-0.05, 0) is 50.8 Å². The zero-order valence-corrected chi connectivity index (χ0v) is 24.1. The monoisotopic (exact) mass is 590 g/mol. The normalized spacial score (nSPS) is 24.0. The van der Waals surface area contributed by atoms with Gasteiger partial charge in [0, 0.05) is 42.8 Å². The number of hydrogen-bond acceptors (Lipinski definition) is 7. The Balaban J connectivity index is 1.32. The number of fused-ring (bicyclic) bond motifs is 3. The van der Waals surface area contributed by atoms with Crippen LogP contribution in [0.25, 0.3) is 16.9 Å². The van der Waals surface area contributed by atoms with Crippen LogP contribution in [0.4, 0.5) is 19.0 Å². The summed E-state index contributed by atoms with van der Waals surface area (Å²) in [5, 5.41) is 8.89. The Labute approximate surface area is 241 Å². The van der Waals surface area contributed by atoms with Crippen molar-refractivity contribution in [3.05, 3.63) is 47.5 Å². The van der Waals surface area contributed by atoms with Crippen molar-refractivity contribution in [3.63, 3.8) is 0 Å². The van der Waals surface area contributed by atoms with E-state index in [2.05, 4.69) is 38.4 Å². The minimum absolute atomic E-state index is 0.0377. The first-order chi connectivity index (χ1) is 19.6. The van der Waals surface area contributed by atoms with Crippen LogP contribution in [-0.2, 0) is 11.3 Å². The highest BCUT2D eigenvalue weighted by Crippen LogP contribution is 2.39. The highest BCUT2D eigenvalue weighted by atomic mass is 35.5. The zero-order valence-electron chi connectivity index (χ0n) is 23.3. The molecule has 5 atom stereocenters. The Morgan fingerprint density at radius 1 is 1.10 bits per heavy atom. The first-order valence-corrected chi connectivity index (χ1v) is 14.5. The Morgan fingerprint density at radius 2 is 1.88 bits per heavy atom. The maximum absolute atomic E-state index is 13.7. The number of aromatic nitrogens is 6. The molecule has 0 bridgehead atoms. The smallest absolute Gasteiger partial charge is 0.376 e. The lowest BCUT2D eigenvalue weighted by Crippen LogP contribution is -2.58. The van der Waals surface area contributed by atoms with Crippen LogP contribution >= 0.6 is 11.6 Å². The molecule has 2 aliphatic heterocycles. The van der Waals surface area contributed by atoms with Crippen molar-refractivity contribution in [2.45, 2.75) is 77.0 Å². The number of anilines is 1. The fraction of sp³-hybridized carbons (Fsp3) is 0.571. The van der Waals surface area contributed by atoms with Gasteiger partial charge in [-0.15, -0.1) is 10.2 Å². The molecular formula is C28H34ClF3N8O. The SMILES string of the molecule is C[C@@H]1CN(c2nc3nncn3c3c2ncn3C[C@@H]2CCCO2)[C@@H](C)CN1C(C[C@@H](C)C(F)(F)F)c1ccc(Cl)cc1. The van der Waals surface area contributed by atoms with Crippen LogP contribution in [0.3, 0.4) is 0 Å². The first kappa shape index (κ1) is 28.2. The molecule has 2 saturated heterocycles. The molecule has 2 fully saturated rings. The van der Waals surface area contributed by atoms with Gasteiger partial charge < -0.3 is 14.2 Å². The van der Waals surface area contributed by atoms with Crippen molar-refractivity contribution in [2.24, 2.45) is 5.92 Å². The van der Waals surface area contributed by atoms with E-state index in [4.69, 9.17) is 26.3 Å². The fourth-order valence-corrected chi connectivity index (χ4v) is 6.36. The molecule has 0 N–H and O–H groups in total. The van der Waals surface area contributed by atoms with Crippen LogP contribution in [-0.4, -0.2) is 78.1 Å². The standard InChI is InChI=1S/C28H34ClF3N8O/c1-17(28(30,31)32)11-23(20-6-8-21(29)9-7-20)38-12-19(3)39(13-18(38)2)25-24-26(40-16-34-36-27(40)35-25)37(15-33-24)14-22-5-4-10-41-22/h6-9,15-19,22-23H,4-5,10-14H2,1-3H3/t17-,18-,19+,22+,23?/m1/s1. The number of halogens is 4. The summed E-state index contributed by atoms with van der Waals surface area (Å²) in [7, 11) is 0. The van der Waals surface area contributed by atoms with Crippen molar-refractivity contribution >= 4 is 34.4 Å². The topological polar surface area (TPSA) is 76.6 Å². The number of piperazine rings is 1. The maximum Gasteiger partial charge on any atom is 0.391 e. The van der Waals surface area contributed by atoms with Crippen LogP contribution < -0.4 is 4.90 Å². The number of hydrogen-bond donors (Lipinski definition) is 0. The lowest BCUT2D eigenvalue weighted by atomic mass is 9.91. The summed E-state index contributed by atoms with van der Waals surface area (Å²) in [6.45, 7) is 7.96. The van der Waals surface area contributed by atoms with Gasteiger partial charge in [0.15, 0.2) is 11.5 Å². The molecule has 0 spiro atoms. The second-order valence-electron chi connectivity index (χ2n) is 11.4. The molecule has 0 amide bonds. The van der Waals surface area contributed by atoms with E-state index in [1.54, 1.807) is 18.5 Å². The van der Waals surface area contributed by atoms with Gasteiger partial charge in [-0.2, -0.15) is 18.2 Å². The van der Waals surface area contributed by atoms with Crippen molar-refractivity contribution < 1.29 is 17.9 Å². The second-order valence-corrected chi connectivity index (χ2v) is 11.9. The molecule has 0 saturated carbocycles. The second kappa shape index (κ2) is 11.0. The van der Waals surface area contributed by atoms with Crippen LogP contribution in [0, 0.1) is 5.92 Å². The lowest BCUT2D eigenvalue weighted by molar-refractivity contribution is -0.175. The molecule has 3 aromatic heterocycles. The lowest BCUT2D eigenvalue weighted by Gasteiger charge is -2.48. The Morgan fingerprint density at radius 3 is 2.59 bits per heavy atom. The van der Waals surface area contributed by atoms with E-state index in [1.807, 2.05) is 22.9 Å². The van der Waals surface area contributed by atoms with Gasteiger partial charge in [0.1, 0.15) is 11.8 Å². The Hall–Kier alpha value is -2.96.